The predicted octanol–water partition coefficient (Wildman–Crippen LogP) is 4.88. The molecule has 0 aromatic heterocycles. The number of esters is 2. The van der Waals surface area contributed by atoms with Crippen molar-refractivity contribution in [1.29, 1.82) is 0 Å². The second kappa shape index (κ2) is 10.00. The maximum absolute atomic E-state index is 12.9. The van der Waals surface area contributed by atoms with E-state index in [4.69, 9.17) is 9.47 Å². The van der Waals surface area contributed by atoms with Crippen LogP contribution in [0.2, 0.25) is 0 Å². The van der Waals surface area contributed by atoms with E-state index in [1.54, 1.807) is 6.07 Å². The highest BCUT2D eigenvalue weighted by molar-refractivity contribution is 6.18. The van der Waals surface area contributed by atoms with E-state index in [2.05, 4.69) is 0 Å². The van der Waals surface area contributed by atoms with Crippen LogP contribution in [0.15, 0.2) is 48.5 Å². The molecule has 0 unspecified atom stereocenters. The van der Waals surface area contributed by atoms with Gasteiger partial charge in [0.2, 0.25) is 0 Å². The third-order valence-electron chi connectivity index (χ3n) is 6.10. The van der Waals surface area contributed by atoms with Crippen LogP contribution in [0.5, 0.6) is 0 Å². The Morgan fingerprint density at radius 2 is 1.32 bits per heavy atom. The lowest BCUT2D eigenvalue weighted by Crippen LogP contribution is -2.15. The highest BCUT2D eigenvalue weighted by atomic mass is 16.6. The highest BCUT2D eigenvalue weighted by Gasteiger charge is 2.23. The van der Waals surface area contributed by atoms with Gasteiger partial charge in [0.25, 0.3) is 0 Å². The summed E-state index contributed by atoms with van der Waals surface area (Å²) in [5.74, 6) is -1.20. The smallest absolute Gasteiger partial charge is 0.306 e. The fourth-order valence-corrected chi connectivity index (χ4v) is 4.54. The summed E-state index contributed by atoms with van der Waals surface area (Å²) < 4.78 is 10.4. The van der Waals surface area contributed by atoms with Gasteiger partial charge in [-0.1, -0.05) is 42.5 Å². The van der Waals surface area contributed by atoms with Crippen molar-refractivity contribution in [2.24, 2.45) is 0 Å². The molecule has 0 atom stereocenters. The lowest BCUT2D eigenvalue weighted by atomic mass is 9.83. The Labute approximate surface area is 197 Å². The zero-order chi connectivity index (χ0) is 24.2. The van der Waals surface area contributed by atoms with Gasteiger partial charge in [-0.05, 0) is 60.2 Å². The molecule has 4 rings (SSSR count). The number of hydrogen-bond acceptors (Lipinski definition) is 6. The minimum Gasteiger partial charge on any atom is -0.462 e. The average molecular weight is 459 g/mol. The van der Waals surface area contributed by atoms with Crippen molar-refractivity contribution in [2.75, 3.05) is 13.2 Å². The van der Waals surface area contributed by atoms with Gasteiger partial charge in [0.15, 0.2) is 11.6 Å². The van der Waals surface area contributed by atoms with E-state index in [0.29, 0.717) is 29.5 Å². The number of ether oxygens (including phenoxy) is 2. The molecule has 6 heteroatoms. The standard InChI is InChI=1S/C28H26O6/c1-17(29)23-16-24-20-7-5-9-22(24)28(27(23)18(2)30)21-8-4-3-6-19(21)10-12-25(31)33-14-15-34-26(32)13-11-20/h3-9,16H,10-15H2,1-2H3. The number of cyclic esters (lactones) is 2. The second-order valence-corrected chi connectivity index (χ2v) is 8.40. The molecule has 0 N–H and O–H groups in total. The summed E-state index contributed by atoms with van der Waals surface area (Å²) in [5.41, 5.74) is 3.97. The minimum absolute atomic E-state index is 0.0112. The SMILES string of the molecule is CC(=O)c1cc2c3cccc2c(c1C(C)=O)-c1ccccc1CCC(=O)OCCOC(=O)CC3. The molecule has 0 fully saturated rings. The van der Waals surface area contributed by atoms with E-state index in [9.17, 15) is 19.2 Å². The van der Waals surface area contributed by atoms with Crippen LogP contribution in [0.4, 0.5) is 0 Å². The van der Waals surface area contributed by atoms with Gasteiger partial charge >= 0.3 is 11.9 Å². The third kappa shape index (κ3) is 4.76. The molecule has 34 heavy (non-hydrogen) atoms. The Hall–Kier alpha value is -3.80. The van der Waals surface area contributed by atoms with Crippen molar-refractivity contribution in [3.63, 3.8) is 0 Å². The quantitative estimate of drug-likeness (QED) is 0.402. The van der Waals surface area contributed by atoms with Gasteiger partial charge in [-0.25, -0.2) is 0 Å². The number of benzene rings is 3. The van der Waals surface area contributed by atoms with Crippen molar-refractivity contribution in [1.82, 2.24) is 0 Å². The Bertz CT molecular complexity index is 1300. The molecular formula is C28H26O6. The first-order chi connectivity index (χ1) is 16.4. The largest absolute Gasteiger partial charge is 0.462 e. The van der Waals surface area contributed by atoms with Gasteiger partial charge in [0.1, 0.15) is 13.2 Å². The maximum Gasteiger partial charge on any atom is 0.306 e. The summed E-state index contributed by atoms with van der Waals surface area (Å²) in [6, 6.07) is 15.1. The fraction of sp³-hybridized carbons (Fsp3) is 0.286. The van der Waals surface area contributed by atoms with Crippen LogP contribution in [0.3, 0.4) is 0 Å². The molecule has 174 valence electrons. The van der Waals surface area contributed by atoms with E-state index < -0.39 is 11.9 Å². The zero-order valence-corrected chi connectivity index (χ0v) is 19.3. The number of hydrogen-bond donors (Lipinski definition) is 0. The number of aryl methyl sites for hydroxylation is 2. The summed E-state index contributed by atoms with van der Waals surface area (Å²) in [4.78, 5) is 50.1. The maximum atomic E-state index is 12.9. The first-order valence-corrected chi connectivity index (χ1v) is 11.4. The van der Waals surface area contributed by atoms with Crippen LogP contribution in [-0.4, -0.2) is 36.7 Å². The molecule has 4 bridgehead atoms. The third-order valence-corrected chi connectivity index (χ3v) is 6.10. The predicted molar refractivity (Wildman–Crippen MR) is 128 cm³/mol. The second-order valence-electron chi connectivity index (χ2n) is 8.40. The number of Topliss-reactive ketones (excluding diaryl/α,β-unsaturated/α-hetero) is 2. The number of carbonyl (C=O) groups excluding carboxylic acids is 4. The normalized spacial score (nSPS) is 14.9. The Morgan fingerprint density at radius 3 is 1.97 bits per heavy atom. The van der Waals surface area contributed by atoms with Crippen molar-refractivity contribution >= 4 is 34.3 Å². The summed E-state index contributed by atoms with van der Waals surface area (Å²) in [5, 5.41) is 1.64. The lowest BCUT2D eigenvalue weighted by Gasteiger charge is -2.20. The Morgan fingerprint density at radius 1 is 0.706 bits per heavy atom. The van der Waals surface area contributed by atoms with Crippen molar-refractivity contribution in [3.8, 4) is 11.1 Å². The van der Waals surface area contributed by atoms with E-state index in [-0.39, 0.29) is 37.6 Å². The van der Waals surface area contributed by atoms with Gasteiger partial charge in [-0.2, -0.15) is 0 Å². The van der Waals surface area contributed by atoms with E-state index >= 15 is 0 Å². The molecule has 0 saturated heterocycles. The average Bonchev–Trinajstić information content (AvgIpc) is 2.82. The van der Waals surface area contributed by atoms with Gasteiger partial charge in [-0.15, -0.1) is 0 Å². The fourth-order valence-electron chi connectivity index (χ4n) is 4.54. The lowest BCUT2D eigenvalue weighted by molar-refractivity contribution is -0.152. The molecule has 0 aliphatic carbocycles. The summed E-state index contributed by atoms with van der Waals surface area (Å²) in [6.45, 7) is 2.93. The van der Waals surface area contributed by atoms with Gasteiger partial charge in [0, 0.05) is 29.5 Å². The molecule has 1 aliphatic heterocycles. The first-order valence-electron chi connectivity index (χ1n) is 11.4. The molecule has 0 saturated carbocycles. The summed E-state index contributed by atoms with van der Waals surface area (Å²) >= 11 is 0. The highest BCUT2D eigenvalue weighted by Crippen LogP contribution is 2.39. The zero-order valence-electron chi connectivity index (χ0n) is 19.3. The number of rotatable bonds is 2. The van der Waals surface area contributed by atoms with E-state index in [0.717, 1.165) is 27.5 Å². The monoisotopic (exact) mass is 458 g/mol. The van der Waals surface area contributed by atoms with Gasteiger partial charge in [0.05, 0.1) is 0 Å². The molecule has 0 radical (unpaired) electrons. The molecule has 3 aromatic carbocycles. The van der Waals surface area contributed by atoms with Crippen LogP contribution >= 0.6 is 0 Å². The van der Waals surface area contributed by atoms with Crippen LogP contribution in [0, 0.1) is 0 Å². The van der Waals surface area contributed by atoms with E-state index in [1.807, 2.05) is 42.5 Å². The van der Waals surface area contributed by atoms with Crippen LogP contribution < -0.4 is 0 Å². The summed E-state index contributed by atoms with van der Waals surface area (Å²) in [7, 11) is 0. The van der Waals surface area contributed by atoms with Crippen molar-refractivity contribution in [2.45, 2.75) is 39.5 Å². The van der Waals surface area contributed by atoms with Crippen molar-refractivity contribution < 1.29 is 28.7 Å². The van der Waals surface area contributed by atoms with E-state index in [1.165, 1.54) is 13.8 Å². The van der Waals surface area contributed by atoms with Gasteiger partial charge in [-0.3, -0.25) is 19.2 Å². The molecule has 0 spiro atoms. The molecule has 1 heterocycles. The van der Waals surface area contributed by atoms with Crippen LogP contribution in [0.1, 0.15) is 58.5 Å². The molecule has 3 aromatic rings. The molecule has 6 nitrogen and oxygen atoms in total. The topological polar surface area (TPSA) is 86.7 Å². The number of ketones is 2. The van der Waals surface area contributed by atoms with Crippen molar-refractivity contribution in [3.05, 3.63) is 70.8 Å². The van der Waals surface area contributed by atoms with Gasteiger partial charge < -0.3 is 9.47 Å². The summed E-state index contributed by atoms with van der Waals surface area (Å²) in [6.07, 6.45) is 1.09. The Kier molecular flexibility index (Phi) is 6.87. The molecular weight excluding hydrogens is 432 g/mol. The van der Waals surface area contributed by atoms with Crippen LogP contribution in [-0.2, 0) is 31.9 Å². The minimum atomic E-state index is -0.394. The van der Waals surface area contributed by atoms with Crippen LogP contribution in [0.25, 0.3) is 21.9 Å². The first kappa shape index (κ1) is 23.4. The number of carbonyl (C=O) groups is 4. The Balaban J connectivity index is 2.04. The molecule has 0 amide bonds. The molecule has 1 aliphatic rings. The number of fused-ring (bicyclic) bond motifs is 2.